The van der Waals surface area contributed by atoms with Crippen LogP contribution in [0.15, 0.2) is 11.3 Å². The first-order valence-corrected chi connectivity index (χ1v) is 11.4. The second-order valence-corrected chi connectivity index (χ2v) is 9.46. The Balaban J connectivity index is 2.14. The van der Waals surface area contributed by atoms with Crippen LogP contribution < -0.4 is 0 Å². The van der Waals surface area contributed by atoms with Gasteiger partial charge in [-0.25, -0.2) is 0 Å². The summed E-state index contributed by atoms with van der Waals surface area (Å²) in [7, 11) is 0. The number of esters is 1. The summed E-state index contributed by atoms with van der Waals surface area (Å²) in [6.07, 6.45) is 13.8. The van der Waals surface area contributed by atoms with Crippen molar-refractivity contribution in [3.8, 4) is 0 Å². The van der Waals surface area contributed by atoms with E-state index in [2.05, 4.69) is 27.7 Å². The smallest absolute Gasteiger partial charge is 0.314 e. The Morgan fingerprint density at radius 3 is 2.00 bits per heavy atom. The first kappa shape index (κ1) is 22.2. The Labute approximate surface area is 166 Å². The first-order chi connectivity index (χ1) is 12.9. The maximum atomic E-state index is 13.0. The Morgan fingerprint density at radius 2 is 1.37 bits per heavy atom. The number of hydrogen-bond donors (Lipinski definition) is 0. The molecule has 0 aromatic rings. The van der Waals surface area contributed by atoms with Crippen LogP contribution in [-0.2, 0) is 14.3 Å². The molecule has 2 aliphatic rings. The predicted molar refractivity (Wildman–Crippen MR) is 110 cm³/mol. The maximum Gasteiger partial charge on any atom is 0.314 e. The average Bonchev–Trinajstić information content (AvgIpc) is 2.58. The van der Waals surface area contributed by atoms with Crippen molar-refractivity contribution in [1.82, 2.24) is 0 Å². The van der Waals surface area contributed by atoms with Gasteiger partial charge in [0.05, 0.1) is 5.92 Å². The van der Waals surface area contributed by atoms with Gasteiger partial charge in [0.2, 0.25) is 0 Å². The van der Waals surface area contributed by atoms with Crippen molar-refractivity contribution in [1.29, 1.82) is 0 Å². The van der Waals surface area contributed by atoms with Crippen molar-refractivity contribution in [2.24, 2.45) is 17.3 Å². The third-order valence-electron chi connectivity index (χ3n) is 6.25. The molecule has 0 spiro atoms. The van der Waals surface area contributed by atoms with Crippen LogP contribution in [0, 0.1) is 17.3 Å². The summed E-state index contributed by atoms with van der Waals surface area (Å²) >= 11 is 0. The Kier molecular flexibility index (Phi) is 8.57. The van der Waals surface area contributed by atoms with Crippen molar-refractivity contribution in [3.63, 3.8) is 0 Å². The molecule has 1 aliphatic heterocycles. The van der Waals surface area contributed by atoms with Crippen LogP contribution in [0.5, 0.6) is 0 Å². The van der Waals surface area contributed by atoms with E-state index in [-0.39, 0.29) is 29.0 Å². The number of ether oxygens (including phenoxy) is 1. The van der Waals surface area contributed by atoms with E-state index in [1.807, 2.05) is 0 Å². The number of hydrogen-bond acceptors (Lipinski definition) is 3. The molecule has 2 atom stereocenters. The molecule has 0 saturated heterocycles. The highest BCUT2D eigenvalue weighted by atomic mass is 16.5. The Morgan fingerprint density at radius 1 is 0.815 bits per heavy atom. The zero-order valence-electron chi connectivity index (χ0n) is 18.1. The Hall–Kier alpha value is -1.12. The second-order valence-electron chi connectivity index (χ2n) is 9.46. The van der Waals surface area contributed by atoms with E-state index in [1.54, 1.807) is 0 Å². The standard InChI is InChI=1S/C24H40O3/c1-5-7-9-11-13-14-18-19(15-12-10-8-6-2)23(26)27-21-17-24(3,4)16-20(25)22(18)21/h18-19H,5-17H2,1-4H3/t18-,19-/m1/s1. The largest absolute Gasteiger partial charge is 0.430 e. The number of rotatable bonds is 11. The lowest BCUT2D eigenvalue weighted by Crippen LogP contribution is -2.40. The van der Waals surface area contributed by atoms with Gasteiger partial charge in [0.25, 0.3) is 0 Å². The number of carbonyl (C=O) groups excluding carboxylic acids is 2. The van der Waals surface area contributed by atoms with E-state index < -0.39 is 0 Å². The summed E-state index contributed by atoms with van der Waals surface area (Å²) in [5.41, 5.74) is 0.778. The summed E-state index contributed by atoms with van der Waals surface area (Å²) in [5, 5.41) is 0. The summed E-state index contributed by atoms with van der Waals surface area (Å²) in [4.78, 5) is 25.8. The molecule has 1 aliphatic carbocycles. The van der Waals surface area contributed by atoms with Gasteiger partial charge in [0.15, 0.2) is 5.78 Å². The van der Waals surface area contributed by atoms with Crippen molar-refractivity contribution in [3.05, 3.63) is 11.3 Å². The van der Waals surface area contributed by atoms with Crippen LogP contribution in [0.25, 0.3) is 0 Å². The van der Waals surface area contributed by atoms with Crippen molar-refractivity contribution >= 4 is 11.8 Å². The van der Waals surface area contributed by atoms with Gasteiger partial charge in [-0.3, -0.25) is 9.59 Å². The summed E-state index contributed by atoms with van der Waals surface area (Å²) < 4.78 is 5.76. The molecule has 154 valence electrons. The zero-order chi connectivity index (χ0) is 19.9. The molecule has 3 nitrogen and oxygen atoms in total. The van der Waals surface area contributed by atoms with Gasteiger partial charge in [-0.15, -0.1) is 0 Å². The molecule has 0 radical (unpaired) electrons. The Bertz CT molecular complexity index is 544. The van der Waals surface area contributed by atoms with Crippen molar-refractivity contribution in [2.75, 3.05) is 0 Å². The highest BCUT2D eigenvalue weighted by Gasteiger charge is 2.45. The minimum absolute atomic E-state index is 0.0747. The SMILES string of the molecule is CCCCCCC[C@H]1C2=C(CC(C)(C)CC2=O)OC(=O)[C@@H]1CCCCCC. The molecule has 0 saturated carbocycles. The van der Waals surface area contributed by atoms with Gasteiger partial charge in [-0.1, -0.05) is 85.5 Å². The average molecular weight is 377 g/mol. The van der Waals surface area contributed by atoms with E-state index in [0.717, 1.165) is 37.7 Å². The summed E-state index contributed by atoms with van der Waals surface area (Å²) in [6.45, 7) is 8.62. The predicted octanol–water partition coefficient (Wildman–Crippen LogP) is 6.75. The third kappa shape index (κ3) is 6.19. The maximum absolute atomic E-state index is 13.0. The summed E-state index contributed by atoms with van der Waals surface area (Å²) in [6, 6.07) is 0. The molecule has 0 aromatic carbocycles. The third-order valence-corrected chi connectivity index (χ3v) is 6.25. The second kappa shape index (κ2) is 10.4. The molecule has 1 heterocycles. The van der Waals surface area contributed by atoms with Crippen molar-refractivity contribution < 1.29 is 14.3 Å². The van der Waals surface area contributed by atoms with E-state index >= 15 is 0 Å². The van der Waals surface area contributed by atoms with Crippen LogP contribution in [0.4, 0.5) is 0 Å². The van der Waals surface area contributed by atoms with Gasteiger partial charge in [-0.05, 0) is 18.3 Å². The molecule has 3 heteroatoms. The van der Waals surface area contributed by atoms with Gasteiger partial charge < -0.3 is 4.74 Å². The molecular formula is C24H40O3. The topological polar surface area (TPSA) is 43.4 Å². The number of ketones is 1. The molecule has 0 fully saturated rings. The normalized spacial score (nSPS) is 24.7. The minimum atomic E-state index is -0.114. The lowest BCUT2D eigenvalue weighted by atomic mass is 9.68. The fraction of sp³-hybridized carbons (Fsp3) is 0.833. The van der Waals surface area contributed by atoms with Gasteiger partial charge in [0.1, 0.15) is 5.76 Å². The van der Waals surface area contributed by atoms with E-state index in [9.17, 15) is 9.59 Å². The lowest BCUT2D eigenvalue weighted by molar-refractivity contribution is -0.150. The summed E-state index contributed by atoms with van der Waals surface area (Å²) in [5.74, 6) is 0.829. The van der Waals surface area contributed by atoms with E-state index in [4.69, 9.17) is 4.74 Å². The quantitative estimate of drug-likeness (QED) is 0.296. The number of unbranched alkanes of at least 4 members (excludes halogenated alkanes) is 7. The molecule has 0 unspecified atom stereocenters. The van der Waals surface area contributed by atoms with E-state index in [0.29, 0.717) is 18.6 Å². The number of allylic oxidation sites excluding steroid dienone is 2. The van der Waals surface area contributed by atoms with Gasteiger partial charge in [-0.2, -0.15) is 0 Å². The molecular weight excluding hydrogens is 336 g/mol. The fourth-order valence-electron chi connectivity index (χ4n) is 4.77. The van der Waals surface area contributed by atoms with Crippen LogP contribution in [0.3, 0.4) is 0 Å². The van der Waals surface area contributed by atoms with Crippen molar-refractivity contribution in [2.45, 2.75) is 111 Å². The van der Waals surface area contributed by atoms with Crippen LogP contribution in [-0.4, -0.2) is 11.8 Å². The van der Waals surface area contributed by atoms with Crippen LogP contribution >= 0.6 is 0 Å². The molecule has 0 amide bonds. The van der Waals surface area contributed by atoms with Gasteiger partial charge >= 0.3 is 5.97 Å². The number of carbonyl (C=O) groups is 2. The molecule has 27 heavy (non-hydrogen) atoms. The zero-order valence-corrected chi connectivity index (χ0v) is 18.1. The molecule has 2 rings (SSSR count). The molecule has 0 bridgehead atoms. The van der Waals surface area contributed by atoms with E-state index in [1.165, 1.54) is 38.5 Å². The monoisotopic (exact) mass is 376 g/mol. The highest BCUT2D eigenvalue weighted by molar-refractivity contribution is 5.99. The molecule has 0 N–H and O–H groups in total. The van der Waals surface area contributed by atoms with Gasteiger partial charge in [0, 0.05) is 24.3 Å². The minimum Gasteiger partial charge on any atom is -0.430 e. The molecule has 0 aromatic heterocycles. The lowest BCUT2D eigenvalue weighted by Gasteiger charge is -2.40. The first-order valence-electron chi connectivity index (χ1n) is 11.4. The number of Topliss-reactive ketones (excluding diaryl/α,β-unsaturated/α-hetero) is 1. The highest BCUT2D eigenvalue weighted by Crippen LogP contribution is 2.46. The van der Waals surface area contributed by atoms with Crippen LogP contribution in [0.1, 0.15) is 111 Å². The van der Waals surface area contributed by atoms with Crippen LogP contribution in [0.2, 0.25) is 0 Å². The fourth-order valence-corrected chi connectivity index (χ4v) is 4.77.